The Balaban J connectivity index is 1.28. The Labute approximate surface area is 599 Å². The molecule has 3 aliphatic carbocycles. The molecule has 3 aliphatic heterocycles. The van der Waals surface area contributed by atoms with E-state index in [2.05, 4.69) is 16.0 Å². The smallest absolute Gasteiger partial charge is 0.343 e. The van der Waals surface area contributed by atoms with Gasteiger partial charge in [0.25, 0.3) is 0 Å². The minimum absolute atomic E-state index is 0.00114. The monoisotopic (exact) mass is 1440 g/mol. The van der Waals surface area contributed by atoms with Crippen molar-refractivity contribution in [1.82, 2.24) is 60.0 Å². The van der Waals surface area contributed by atoms with Crippen LogP contribution in [0.4, 0.5) is 13.2 Å². The zero-order valence-electron chi connectivity index (χ0n) is 61.4. The SMILES string of the molecule is CC[C@H](C)[C@@H]1NC(=O)[C@H](CC(C)C)N(C)C(=O)C[C@@H](C(=O)N2CCCCC2)N(C)C(=O)[C@H](CC2CCCC2)N(C)C(=O)C2(CCCC2)NC(=O)[C@@H]2CCCN2C(=O)[C@H](CCc2ccc(C(F)(F)F)c(Cl)c2)NC(=O)CN(C)C(=O)[C@H](CC2CCCCC2)N(C)C(=O)CN(C)C(=O)CN(C)C1=O. The molecule has 6 fully saturated rings. The van der Waals surface area contributed by atoms with Gasteiger partial charge in [-0.2, -0.15) is 13.2 Å². The molecule has 3 saturated heterocycles. The molecule has 7 rings (SSSR count). The lowest BCUT2D eigenvalue weighted by molar-refractivity contribution is -0.155. The molecule has 8 atom stereocenters. The van der Waals surface area contributed by atoms with Crippen LogP contribution < -0.4 is 16.0 Å². The van der Waals surface area contributed by atoms with Crippen LogP contribution in [0.1, 0.15) is 193 Å². The molecule has 564 valence electrons. The first-order valence-corrected chi connectivity index (χ1v) is 37.2. The lowest BCUT2D eigenvalue weighted by Gasteiger charge is -2.41. The van der Waals surface area contributed by atoms with Crippen LogP contribution in [0, 0.1) is 23.7 Å². The molecule has 3 saturated carbocycles. The second-order valence-electron chi connectivity index (χ2n) is 30.2. The molecule has 3 N–H and O–H groups in total. The number of carbonyl (C=O) groups excluding carboxylic acids is 12. The van der Waals surface area contributed by atoms with E-state index in [0.29, 0.717) is 57.2 Å². The van der Waals surface area contributed by atoms with E-state index in [1.54, 1.807) is 11.8 Å². The summed E-state index contributed by atoms with van der Waals surface area (Å²) < 4.78 is 41.6. The van der Waals surface area contributed by atoms with Crippen LogP contribution >= 0.6 is 11.6 Å². The normalized spacial score (nSPS) is 26.7. The van der Waals surface area contributed by atoms with E-state index in [1.165, 1.54) is 79.9 Å². The van der Waals surface area contributed by atoms with Crippen LogP contribution in [0.2, 0.25) is 5.02 Å². The third-order valence-corrected chi connectivity index (χ3v) is 22.7. The summed E-state index contributed by atoms with van der Waals surface area (Å²) in [6, 6.07) is -5.52. The Bertz CT molecular complexity index is 3130. The molecule has 0 radical (unpaired) electrons. The van der Waals surface area contributed by atoms with Gasteiger partial charge in [-0.25, -0.2) is 0 Å². The molecule has 6 aliphatic rings. The van der Waals surface area contributed by atoms with E-state index in [9.17, 15) is 41.9 Å². The number of likely N-dealkylation sites (N-methyl/N-ethyl adjacent to an activating group) is 7. The predicted molar refractivity (Wildman–Crippen MR) is 374 cm³/mol. The average molecular weight is 1440 g/mol. The maximum atomic E-state index is 15.7. The number of fused-ring (bicyclic) bond motifs is 1. The van der Waals surface area contributed by atoms with Gasteiger partial charge in [0.2, 0.25) is 70.9 Å². The highest BCUT2D eigenvalue weighted by Gasteiger charge is 2.51. The molecule has 3 heterocycles. The number of piperidine rings is 1. The maximum Gasteiger partial charge on any atom is 0.417 e. The number of aryl methyl sites for hydroxylation is 1. The number of alkyl halides is 3. The van der Waals surface area contributed by atoms with Crippen molar-refractivity contribution in [2.75, 3.05) is 88.6 Å². The minimum atomic E-state index is -4.76. The Morgan fingerprint density at radius 1 is 0.594 bits per heavy atom. The van der Waals surface area contributed by atoms with Gasteiger partial charge in [-0.05, 0) is 118 Å². The van der Waals surface area contributed by atoms with Crippen LogP contribution in [0.15, 0.2) is 18.2 Å². The number of hydrogen-bond donors (Lipinski definition) is 3. The minimum Gasteiger partial charge on any atom is -0.343 e. The van der Waals surface area contributed by atoms with Crippen LogP contribution in [0.5, 0.6) is 0 Å². The van der Waals surface area contributed by atoms with Gasteiger partial charge in [0.05, 0.1) is 36.6 Å². The first-order chi connectivity index (χ1) is 47.7. The van der Waals surface area contributed by atoms with Crippen molar-refractivity contribution in [1.29, 1.82) is 0 Å². The number of amides is 12. The van der Waals surface area contributed by atoms with E-state index in [-0.39, 0.29) is 75.7 Å². The lowest BCUT2D eigenvalue weighted by atomic mass is 9.84. The average Bonchev–Trinajstić information content (AvgIpc) is 1.72. The van der Waals surface area contributed by atoms with E-state index < -0.39 is 167 Å². The molecule has 1 aromatic carbocycles. The fraction of sp³-hybridized carbons (Fsp3) is 0.753. The highest BCUT2D eigenvalue weighted by molar-refractivity contribution is 6.31. The van der Waals surface area contributed by atoms with E-state index >= 15 is 28.8 Å². The third-order valence-electron chi connectivity index (χ3n) is 22.4. The molecular formula is C73H112ClF3N12O12. The fourth-order valence-corrected chi connectivity index (χ4v) is 16.1. The van der Waals surface area contributed by atoms with Crippen molar-refractivity contribution < 1.29 is 70.7 Å². The number of nitrogens with zero attached hydrogens (tertiary/aromatic N) is 9. The number of halogens is 4. The lowest BCUT2D eigenvalue weighted by Crippen LogP contribution is -2.64. The van der Waals surface area contributed by atoms with Gasteiger partial charge in [-0.3, -0.25) is 57.5 Å². The second kappa shape index (κ2) is 36.4. The summed E-state index contributed by atoms with van der Waals surface area (Å²) in [5, 5.41) is 8.19. The molecule has 28 heteroatoms. The van der Waals surface area contributed by atoms with Crippen molar-refractivity contribution in [3.63, 3.8) is 0 Å². The zero-order valence-corrected chi connectivity index (χ0v) is 62.2. The summed E-state index contributed by atoms with van der Waals surface area (Å²) in [7, 11) is 10.0. The van der Waals surface area contributed by atoms with Crippen LogP contribution in [-0.4, -0.2) is 251 Å². The van der Waals surface area contributed by atoms with Crippen molar-refractivity contribution in [3.8, 4) is 0 Å². The molecule has 24 nitrogen and oxygen atoms in total. The summed E-state index contributed by atoms with van der Waals surface area (Å²) in [6.07, 6.45) is 7.17. The second-order valence-corrected chi connectivity index (χ2v) is 30.6. The molecule has 101 heavy (non-hydrogen) atoms. The van der Waals surface area contributed by atoms with E-state index in [4.69, 9.17) is 11.6 Å². The Hall–Kier alpha value is -7.06. The highest BCUT2D eigenvalue weighted by atomic mass is 35.5. The standard InChI is InChI=1S/C73H112ClF3N12O12/c1-12-47(4)63-70(100)83(7)44-61(92)81(5)45-62(93)85(9)56(40-48-24-15-13-16-25-48)67(97)82(6)43-59(90)78-53(32-30-50-29-31-51(52(74)39-50)73(75,76)77)66(96)89-37-23-28-54(89)65(95)80-72(33-19-20-34-72)71(101)87(11)57(41-49-26-17-18-27-49)68(98)86(10)58(69(99)88-35-21-14-22-36-88)42-60(91)84(8)55(38-46(2)3)64(94)79-63/h29,31,39,46-49,53-58,63H,12-28,30,32-38,40-45H2,1-11H3,(H,78,90)(H,79,94)(H,80,95)/t47-,53-,54-,55-,56-,57-,58-,63-/m0/s1. The number of rotatable bonds is 12. The van der Waals surface area contributed by atoms with Gasteiger partial charge in [-0.1, -0.05) is 122 Å². The van der Waals surface area contributed by atoms with E-state index in [0.717, 1.165) is 91.0 Å². The van der Waals surface area contributed by atoms with Crippen molar-refractivity contribution in [3.05, 3.63) is 34.3 Å². The molecule has 0 bridgehead atoms. The topological polar surface area (TPSA) is 270 Å². The number of benzene rings is 1. The van der Waals surface area contributed by atoms with Crippen LogP contribution in [0.25, 0.3) is 0 Å². The van der Waals surface area contributed by atoms with E-state index in [1.807, 2.05) is 20.8 Å². The van der Waals surface area contributed by atoms with Crippen molar-refractivity contribution in [2.45, 2.75) is 242 Å². The fourth-order valence-electron chi connectivity index (χ4n) is 15.7. The molecule has 0 unspecified atom stereocenters. The Morgan fingerprint density at radius 3 is 1.74 bits per heavy atom. The first kappa shape index (κ1) is 81.2. The van der Waals surface area contributed by atoms with Gasteiger partial charge < -0.3 is 60.0 Å². The van der Waals surface area contributed by atoms with Gasteiger partial charge in [0.15, 0.2) is 0 Å². The first-order valence-electron chi connectivity index (χ1n) is 36.8. The number of hydrogen-bond acceptors (Lipinski definition) is 12. The quantitative estimate of drug-likeness (QED) is 0.205. The zero-order chi connectivity index (χ0) is 74.4. The largest absolute Gasteiger partial charge is 0.417 e. The van der Waals surface area contributed by atoms with Crippen LogP contribution in [0.3, 0.4) is 0 Å². The highest BCUT2D eigenvalue weighted by Crippen LogP contribution is 2.38. The summed E-state index contributed by atoms with van der Waals surface area (Å²) in [5.41, 5.74) is -2.33. The Kier molecular flexibility index (Phi) is 29.3. The Morgan fingerprint density at radius 2 is 1.16 bits per heavy atom. The summed E-state index contributed by atoms with van der Waals surface area (Å²) in [5.74, 6) is -8.30. The molecule has 1 spiro atoms. The number of likely N-dealkylation sites (tertiary alicyclic amines) is 1. The van der Waals surface area contributed by atoms with Gasteiger partial charge in [0, 0.05) is 69.0 Å². The molecule has 12 amide bonds. The van der Waals surface area contributed by atoms with Crippen molar-refractivity contribution >= 4 is 82.5 Å². The summed E-state index contributed by atoms with van der Waals surface area (Å²) in [6.45, 7) is 6.47. The predicted octanol–water partition coefficient (Wildman–Crippen LogP) is 6.42. The summed E-state index contributed by atoms with van der Waals surface area (Å²) in [4.78, 5) is 191. The van der Waals surface area contributed by atoms with Gasteiger partial charge >= 0.3 is 6.18 Å². The molecule has 1 aromatic rings. The van der Waals surface area contributed by atoms with Gasteiger partial charge in [0.1, 0.15) is 47.8 Å². The number of nitrogens with one attached hydrogen (secondary N) is 3. The van der Waals surface area contributed by atoms with Gasteiger partial charge in [-0.15, -0.1) is 0 Å². The van der Waals surface area contributed by atoms with Crippen molar-refractivity contribution in [2.24, 2.45) is 23.7 Å². The summed E-state index contributed by atoms with van der Waals surface area (Å²) >= 11 is 6.16. The third kappa shape index (κ3) is 20.9. The maximum absolute atomic E-state index is 15.7. The molecule has 0 aromatic heterocycles. The molecular weight excluding hydrogens is 1330 g/mol. The van der Waals surface area contributed by atoms with Crippen LogP contribution in [-0.2, 0) is 70.1 Å². The number of carbonyl (C=O) groups is 12.